The molecule has 0 saturated carbocycles. The van der Waals surface area contributed by atoms with Gasteiger partial charge in [-0.3, -0.25) is 0 Å². The monoisotopic (exact) mass is 374 g/mol. The van der Waals surface area contributed by atoms with E-state index in [2.05, 4.69) is 9.97 Å². The Hall–Kier alpha value is -2.30. The van der Waals surface area contributed by atoms with Crippen molar-refractivity contribution in [3.8, 4) is 22.9 Å². The Balaban J connectivity index is 2.12. The Morgan fingerprint density at radius 3 is 1.88 bits per heavy atom. The zero-order valence-electron chi connectivity index (χ0n) is 13.7. The van der Waals surface area contributed by atoms with E-state index in [1.54, 1.807) is 18.2 Å². The molecule has 0 fully saturated rings. The van der Waals surface area contributed by atoms with Crippen molar-refractivity contribution in [2.75, 3.05) is 0 Å². The molecule has 0 amide bonds. The third-order valence-corrected chi connectivity index (χ3v) is 4.51. The number of hydrogen-bond donors (Lipinski definition) is 2. The highest BCUT2D eigenvalue weighted by atomic mass is 35.5. The fourth-order valence-electron chi connectivity index (χ4n) is 2.66. The van der Waals surface area contributed by atoms with E-state index in [9.17, 15) is 10.2 Å². The second-order valence-electron chi connectivity index (χ2n) is 6.22. The van der Waals surface area contributed by atoms with Gasteiger partial charge in [0.05, 0.1) is 0 Å². The molecule has 25 heavy (non-hydrogen) atoms. The normalized spacial score (nSPS) is 11.5. The van der Waals surface area contributed by atoms with Gasteiger partial charge >= 0.3 is 0 Å². The third-order valence-electron chi connectivity index (χ3n) is 4.08. The number of halogens is 2. The zero-order valence-corrected chi connectivity index (χ0v) is 15.2. The zero-order chi connectivity index (χ0) is 18.2. The van der Waals surface area contributed by atoms with Crippen LogP contribution >= 0.6 is 23.2 Å². The van der Waals surface area contributed by atoms with E-state index < -0.39 is 5.41 Å². The van der Waals surface area contributed by atoms with Crippen LogP contribution in [0.2, 0.25) is 10.0 Å². The summed E-state index contributed by atoms with van der Waals surface area (Å²) >= 11 is 12.0. The van der Waals surface area contributed by atoms with Crippen molar-refractivity contribution in [1.82, 2.24) is 9.97 Å². The predicted octanol–water partition coefficient (Wildman–Crippen LogP) is 5.19. The second kappa shape index (κ2) is 6.54. The maximum Gasteiger partial charge on any atom is 0.226 e. The predicted molar refractivity (Wildman–Crippen MR) is 99.4 cm³/mol. The van der Waals surface area contributed by atoms with Gasteiger partial charge in [-0.1, -0.05) is 53.5 Å². The number of rotatable bonds is 3. The van der Waals surface area contributed by atoms with E-state index in [-0.39, 0.29) is 17.3 Å². The molecule has 0 aliphatic rings. The third kappa shape index (κ3) is 3.41. The van der Waals surface area contributed by atoms with Gasteiger partial charge in [0, 0.05) is 15.5 Å². The van der Waals surface area contributed by atoms with Crippen molar-refractivity contribution < 1.29 is 10.2 Å². The van der Waals surface area contributed by atoms with Gasteiger partial charge in [-0.15, -0.1) is 0 Å². The highest BCUT2D eigenvalue weighted by Gasteiger charge is 2.29. The molecular formula is C19H16Cl2N2O2. The lowest BCUT2D eigenvalue weighted by molar-refractivity contribution is 0.410. The fourth-order valence-corrected chi connectivity index (χ4v) is 3.18. The lowest BCUT2D eigenvalue weighted by Crippen LogP contribution is -2.22. The Kier molecular flexibility index (Phi) is 4.58. The van der Waals surface area contributed by atoms with Crippen LogP contribution in [0.1, 0.15) is 25.2 Å². The van der Waals surface area contributed by atoms with E-state index in [0.29, 0.717) is 21.4 Å². The van der Waals surface area contributed by atoms with E-state index in [1.807, 2.05) is 44.2 Å². The van der Waals surface area contributed by atoms with Gasteiger partial charge in [-0.2, -0.15) is 9.97 Å². The van der Waals surface area contributed by atoms with Crippen molar-refractivity contribution in [2.24, 2.45) is 0 Å². The van der Waals surface area contributed by atoms with Crippen LogP contribution < -0.4 is 0 Å². The van der Waals surface area contributed by atoms with E-state index in [1.165, 1.54) is 0 Å². The first kappa shape index (κ1) is 17.5. The first-order chi connectivity index (χ1) is 11.8. The maximum absolute atomic E-state index is 10.4. The average molecular weight is 375 g/mol. The van der Waals surface area contributed by atoms with Gasteiger partial charge < -0.3 is 10.2 Å². The van der Waals surface area contributed by atoms with Crippen LogP contribution in [0, 0.1) is 0 Å². The van der Waals surface area contributed by atoms with Crippen molar-refractivity contribution >= 4 is 23.2 Å². The second-order valence-corrected chi connectivity index (χ2v) is 7.09. The number of aromatic hydroxyl groups is 2. The van der Waals surface area contributed by atoms with Crippen LogP contribution in [-0.2, 0) is 5.41 Å². The molecule has 0 unspecified atom stereocenters. The van der Waals surface area contributed by atoms with Crippen LogP contribution in [0.25, 0.3) is 11.1 Å². The largest absolute Gasteiger partial charge is 0.493 e. The molecule has 0 radical (unpaired) electrons. The molecule has 3 aromatic rings. The Bertz CT molecular complexity index is 885. The summed E-state index contributed by atoms with van der Waals surface area (Å²) in [5, 5.41) is 21.6. The minimum atomic E-state index is -0.597. The molecule has 2 N–H and O–H groups in total. The number of aromatic nitrogens is 2. The SMILES string of the molecule is CC(C)(c1ccccc1)c1nc(O)c(-c2cc(Cl)cc(Cl)c2)c(O)n1. The maximum atomic E-state index is 10.4. The molecule has 1 heterocycles. The number of hydrogen-bond acceptors (Lipinski definition) is 4. The lowest BCUT2D eigenvalue weighted by atomic mass is 9.83. The van der Waals surface area contributed by atoms with Crippen molar-refractivity contribution in [3.63, 3.8) is 0 Å². The molecule has 0 aliphatic carbocycles. The van der Waals surface area contributed by atoms with Crippen molar-refractivity contribution in [3.05, 3.63) is 70.0 Å². The summed E-state index contributed by atoms with van der Waals surface area (Å²) in [5.74, 6) is -0.347. The Morgan fingerprint density at radius 1 is 0.840 bits per heavy atom. The van der Waals surface area contributed by atoms with E-state index >= 15 is 0 Å². The number of nitrogens with zero attached hydrogens (tertiary/aromatic N) is 2. The molecule has 0 atom stereocenters. The molecule has 0 bridgehead atoms. The summed E-state index contributed by atoms with van der Waals surface area (Å²) in [6, 6.07) is 14.4. The molecule has 3 rings (SSSR count). The lowest BCUT2D eigenvalue weighted by Gasteiger charge is -2.24. The fraction of sp³-hybridized carbons (Fsp3) is 0.158. The van der Waals surface area contributed by atoms with E-state index in [4.69, 9.17) is 23.2 Å². The molecule has 0 spiro atoms. The summed E-state index contributed by atoms with van der Waals surface area (Å²) in [6.07, 6.45) is 0. The molecule has 2 aromatic carbocycles. The van der Waals surface area contributed by atoms with Crippen LogP contribution in [0.3, 0.4) is 0 Å². The van der Waals surface area contributed by atoms with Crippen LogP contribution in [0.15, 0.2) is 48.5 Å². The quantitative estimate of drug-likeness (QED) is 0.661. The molecule has 4 nitrogen and oxygen atoms in total. The van der Waals surface area contributed by atoms with Gasteiger partial charge in [-0.05, 0) is 43.2 Å². The molecule has 6 heteroatoms. The molecular weight excluding hydrogens is 359 g/mol. The van der Waals surface area contributed by atoms with Crippen molar-refractivity contribution in [2.45, 2.75) is 19.3 Å². The highest BCUT2D eigenvalue weighted by Crippen LogP contribution is 2.39. The van der Waals surface area contributed by atoms with Crippen LogP contribution in [0.4, 0.5) is 0 Å². The van der Waals surface area contributed by atoms with Crippen LogP contribution in [-0.4, -0.2) is 20.2 Å². The highest BCUT2D eigenvalue weighted by molar-refractivity contribution is 6.35. The van der Waals surface area contributed by atoms with Gasteiger partial charge in [-0.25, -0.2) is 0 Å². The minimum Gasteiger partial charge on any atom is -0.493 e. The van der Waals surface area contributed by atoms with Gasteiger partial charge in [0.2, 0.25) is 11.8 Å². The number of benzene rings is 2. The summed E-state index contributed by atoms with van der Waals surface area (Å²) in [4.78, 5) is 8.43. The van der Waals surface area contributed by atoms with Crippen LogP contribution in [0.5, 0.6) is 11.8 Å². The molecule has 128 valence electrons. The average Bonchev–Trinajstić information content (AvgIpc) is 2.54. The van der Waals surface area contributed by atoms with Gasteiger partial charge in [0.25, 0.3) is 0 Å². The standard InChI is InChI=1S/C19H16Cl2N2O2/c1-19(2,12-6-4-3-5-7-12)18-22-16(24)15(17(25)23-18)11-8-13(20)10-14(21)9-11/h3-10H,1-2H3,(H2,22,23,24,25). The molecule has 1 aromatic heterocycles. The van der Waals surface area contributed by atoms with Crippen molar-refractivity contribution in [1.29, 1.82) is 0 Å². The Morgan fingerprint density at radius 2 is 1.36 bits per heavy atom. The summed E-state index contributed by atoms with van der Waals surface area (Å²) in [5.41, 5.74) is 0.904. The minimum absolute atomic E-state index is 0.0945. The van der Waals surface area contributed by atoms with Gasteiger partial charge in [0.15, 0.2) is 0 Å². The summed E-state index contributed by atoms with van der Waals surface area (Å²) in [7, 11) is 0. The first-order valence-corrected chi connectivity index (χ1v) is 8.37. The van der Waals surface area contributed by atoms with Gasteiger partial charge in [0.1, 0.15) is 11.4 Å². The Labute approximate surface area is 155 Å². The van der Waals surface area contributed by atoms with E-state index in [0.717, 1.165) is 5.56 Å². The molecule has 0 aliphatic heterocycles. The summed E-state index contributed by atoms with van der Waals surface area (Å²) in [6.45, 7) is 3.85. The summed E-state index contributed by atoms with van der Waals surface area (Å²) < 4.78 is 0. The molecule has 0 saturated heterocycles. The smallest absolute Gasteiger partial charge is 0.226 e. The topological polar surface area (TPSA) is 66.2 Å². The first-order valence-electron chi connectivity index (χ1n) is 7.61.